The van der Waals surface area contributed by atoms with Gasteiger partial charge in [0.1, 0.15) is 18.3 Å². The Balaban J connectivity index is 4.55. The Morgan fingerprint density at radius 1 is 0.882 bits per heavy atom. The molecule has 0 aliphatic rings. The van der Waals surface area contributed by atoms with E-state index in [9.17, 15) is 0 Å². The highest BCUT2D eigenvalue weighted by atomic mass is 16.7. The molecule has 2 N–H and O–H groups in total. The summed E-state index contributed by atoms with van der Waals surface area (Å²) >= 11 is 0. The lowest BCUT2D eigenvalue weighted by Crippen LogP contribution is -2.48. The highest BCUT2D eigenvalue weighted by molar-refractivity contribution is 4.79. The largest absolute Gasteiger partial charge is 0.382 e. The molecule has 0 aromatic heterocycles. The third-order valence-corrected chi connectivity index (χ3v) is 2.31. The lowest BCUT2D eigenvalue weighted by atomic mass is 10.1. The minimum absolute atomic E-state index is 0.276. The maximum absolute atomic E-state index is 5.54. The Morgan fingerprint density at radius 3 is 1.53 bits per heavy atom. The smallest absolute Gasteiger partial charge is 0.135 e. The van der Waals surface area contributed by atoms with E-state index < -0.39 is 6.10 Å². The topological polar surface area (TPSA) is 72.2 Å². The molecule has 0 aromatic rings. The first-order chi connectivity index (χ1) is 8.24. The molecule has 6 heteroatoms. The van der Waals surface area contributed by atoms with Crippen LogP contribution in [0.3, 0.4) is 0 Å². The maximum atomic E-state index is 5.54. The van der Waals surface area contributed by atoms with Gasteiger partial charge in [0.25, 0.3) is 0 Å². The lowest BCUT2D eigenvalue weighted by Gasteiger charge is -2.30. The second-order valence-corrected chi connectivity index (χ2v) is 3.50. The Morgan fingerprint density at radius 2 is 1.29 bits per heavy atom. The summed E-state index contributed by atoms with van der Waals surface area (Å²) in [5.41, 5.74) is 0. The van der Waals surface area contributed by atoms with Gasteiger partial charge in [-0.1, -0.05) is 0 Å². The van der Waals surface area contributed by atoms with Gasteiger partial charge in [-0.3, -0.25) is 4.84 Å². The summed E-state index contributed by atoms with van der Waals surface area (Å²) in [5, 5.41) is 0. The van der Waals surface area contributed by atoms with Crippen molar-refractivity contribution < 1.29 is 23.8 Å². The van der Waals surface area contributed by atoms with E-state index in [1.165, 1.54) is 0 Å². The first-order valence-electron chi connectivity index (χ1n) is 5.81. The first kappa shape index (κ1) is 16.8. The molecular weight excluding hydrogens is 226 g/mol. The van der Waals surface area contributed by atoms with Crippen LogP contribution in [0, 0.1) is 0 Å². The van der Waals surface area contributed by atoms with Crippen molar-refractivity contribution in [3.05, 3.63) is 0 Å². The summed E-state index contributed by atoms with van der Waals surface area (Å²) in [6.45, 7) is 5.70. The fourth-order valence-electron chi connectivity index (χ4n) is 1.65. The summed E-state index contributed by atoms with van der Waals surface area (Å²) in [6, 6.07) is 0. The van der Waals surface area contributed by atoms with Crippen molar-refractivity contribution in [2.24, 2.45) is 5.90 Å². The van der Waals surface area contributed by atoms with Crippen LogP contribution in [0.2, 0.25) is 0 Å². The van der Waals surface area contributed by atoms with E-state index in [1.807, 2.05) is 13.8 Å². The van der Waals surface area contributed by atoms with E-state index in [4.69, 9.17) is 29.7 Å². The molecule has 0 aliphatic heterocycles. The molecule has 0 aliphatic carbocycles. The fraction of sp³-hybridized carbons (Fsp3) is 1.00. The van der Waals surface area contributed by atoms with Gasteiger partial charge in [-0.15, -0.1) is 0 Å². The molecular formula is C11H25NO5. The quantitative estimate of drug-likeness (QED) is 0.534. The molecule has 2 atom stereocenters. The van der Waals surface area contributed by atoms with E-state index in [-0.39, 0.29) is 12.2 Å². The average Bonchev–Trinajstić information content (AvgIpc) is 2.31. The van der Waals surface area contributed by atoms with Crippen LogP contribution in [0.1, 0.15) is 13.8 Å². The van der Waals surface area contributed by atoms with E-state index in [0.29, 0.717) is 26.4 Å². The molecule has 0 saturated carbocycles. The number of nitrogens with two attached hydrogens (primary N) is 1. The van der Waals surface area contributed by atoms with E-state index in [2.05, 4.69) is 0 Å². The Hall–Kier alpha value is -0.240. The Labute approximate surface area is 103 Å². The molecule has 0 saturated heterocycles. The monoisotopic (exact) mass is 251 g/mol. The van der Waals surface area contributed by atoms with E-state index >= 15 is 0 Å². The molecule has 0 bridgehead atoms. The Kier molecular flexibility index (Phi) is 10.7. The predicted octanol–water partition coefficient (Wildman–Crippen LogP) is 0.348. The fourth-order valence-corrected chi connectivity index (χ4v) is 1.65. The van der Waals surface area contributed by atoms with Gasteiger partial charge in [0.2, 0.25) is 0 Å². The number of rotatable bonds is 11. The summed E-state index contributed by atoms with van der Waals surface area (Å²) in [7, 11) is 3.21. The molecule has 0 spiro atoms. The van der Waals surface area contributed by atoms with Gasteiger partial charge < -0.3 is 18.9 Å². The molecule has 0 heterocycles. The second kappa shape index (κ2) is 10.9. The molecule has 2 unspecified atom stereocenters. The SMILES string of the molecule is CCOC(COC)C(ON)C(COC)OCC. The molecule has 104 valence electrons. The minimum atomic E-state index is -0.421. The third-order valence-electron chi connectivity index (χ3n) is 2.31. The molecule has 6 nitrogen and oxygen atoms in total. The summed E-state index contributed by atoms with van der Waals surface area (Å²) < 4.78 is 21.3. The van der Waals surface area contributed by atoms with Crippen molar-refractivity contribution >= 4 is 0 Å². The maximum Gasteiger partial charge on any atom is 0.135 e. The van der Waals surface area contributed by atoms with Crippen LogP contribution in [-0.4, -0.2) is 59.0 Å². The van der Waals surface area contributed by atoms with Crippen LogP contribution < -0.4 is 5.90 Å². The summed E-state index contributed by atoms with van der Waals surface area (Å²) in [5.74, 6) is 5.32. The molecule has 0 radical (unpaired) electrons. The lowest BCUT2D eigenvalue weighted by molar-refractivity contribution is -0.163. The average molecular weight is 251 g/mol. The molecule has 17 heavy (non-hydrogen) atoms. The van der Waals surface area contributed by atoms with Gasteiger partial charge in [0, 0.05) is 27.4 Å². The van der Waals surface area contributed by atoms with Crippen molar-refractivity contribution in [2.45, 2.75) is 32.2 Å². The van der Waals surface area contributed by atoms with Crippen molar-refractivity contribution in [3.63, 3.8) is 0 Å². The molecule has 0 fully saturated rings. The van der Waals surface area contributed by atoms with Crippen molar-refractivity contribution in [1.29, 1.82) is 0 Å². The van der Waals surface area contributed by atoms with Crippen LogP contribution in [0.15, 0.2) is 0 Å². The predicted molar refractivity (Wildman–Crippen MR) is 63.6 cm³/mol. The normalized spacial score (nSPS) is 16.8. The van der Waals surface area contributed by atoms with Gasteiger partial charge in [0.15, 0.2) is 0 Å². The van der Waals surface area contributed by atoms with Crippen LogP contribution in [0.4, 0.5) is 0 Å². The van der Waals surface area contributed by atoms with Crippen LogP contribution >= 0.6 is 0 Å². The van der Waals surface area contributed by atoms with Crippen molar-refractivity contribution in [1.82, 2.24) is 0 Å². The zero-order valence-corrected chi connectivity index (χ0v) is 11.2. The van der Waals surface area contributed by atoms with Gasteiger partial charge >= 0.3 is 0 Å². The molecule has 0 amide bonds. The highest BCUT2D eigenvalue weighted by Gasteiger charge is 2.31. The number of hydrogen-bond acceptors (Lipinski definition) is 6. The summed E-state index contributed by atoms with van der Waals surface area (Å²) in [6.07, 6.45) is -0.974. The van der Waals surface area contributed by atoms with Gasteiger partial charge in [0.05, 0.1) is 13.2 Å². The van der Waals surface area contributed by atoms with Gasteiger partial charge in [-0.05, 0) is 13.8 Å². The van der Waals surface area contributed by atoms with Crippen molar-refractivity contribution in [2.75, 3.05) is 40.6 Å². The second-order valence-electron chi connectivity index (χ2n) is 3.50. The van der Waals surface area contributed by atoms with E-state index in [0.717, 1.165) is 0 Å². The zero-order chi connectivity index (χ0) is 13.1. The van der Waals surface area contributed by atoms with E-state index in [1.54, 1.807) is 14.2 Å². The first-order valence-corrected chi connectivity index (χ1v) is 5.81. The molecule has 0 rings (SSSR count). The number of methoxy groups -OCH3 is 2. The highest BCUT2D eigenvalue weighted by Crippen LogP contribution is 2.12. The zero-order valence-electron chi connectivity index (χ0n) is 11.2. The minimum Gasteiger partial charge on any atom is -0.382 e. The van der Waals surface area contributed by atoms with Crippen LogP contribution in [0.5, 0.6) is 0 Å². The summed E-state index contributed by atoms with van der Waals surface area (Å²) in [4.78, 5) is 4.97. The molecule has 0 aromatic carbocycles. The standard InChI is InChI=1S/C11H25NO5/c1-5-15-9(7-13-3)11(17-12)10(8-14-4)16-6-2/h9-11H,5-8,12H2,1-4H3. The van der Waals surface area contributed by atoms with Crippen LogP contribution in [0.25, 0.3) is 0 Å². The third kappa shape index (κ3) is 6.30. The van der Waals surface area contributed by atoms with Crippen LogP contribution in [-0.2, 0) is 23.8 Å². The number of hydrogen-bond donors (Lipinski definition) is 1. The Bertz CT molecular complexity index is 142. The number of ether oxygens (including phenoxy) is 4. The van der Waals surface area contributed by atoms with Crippen molar-refractivity contribution in [3.8, 4) is 0 Å². The van der Waals surface area contributed by atoms with Gasteiger partial charge in [-0.2, -0.15) is 0 Å². The van der Waals surface area contributed by atoms with Gasteiger partial charge in [-0.25, -0.2) is 5.90 Å².